The number of rotatable bonds is 6. The molecule has 0 radical (unpaired) electrons. The molecule has 0 spiro atoms. The molecule has 0 aliphatic heterocycles. The molecule has 2 aromatic rings. The van der Waals surface area contributed by atoms with Crippen molar-refractivity contribution < 1.29 is 37.0 Å². The van der Waals surface area contributed by atoms with Crippen molar-refractivity contribution >= 4 is 17.6 Å². The summed E-state index contributed by atoms with van der Waals surface area (Å²) >= 11 is 0. The minimum atomic E-state index is -1.72. The maximum absolute atomic E-state index is 13.5. The summed E-state index contributed by atoms with van der Waals surface area (Å²) in [6.07, 6.45) is 0. The van der Waals surface area contributed by atoms with Gasteiger partial charge in [0.05, 0.1) is 19.9 Å². The number of carbonyl (C=O) groups is 2. The molecule has 9 heteroatoms. The van der Waals surface area contributed by atoms with E-state index in [9.17, 15) is 22.8 Å². The van der Waals surface area contributed by atoms with Crippen LogP contribution >= 0.6 is 0 Å². The number of esters is 1. The summed E-state index contributed by atoms with van der Waals surface area (Å²) in [5.41, 5.74) is -0.621. The molecule has 2 aromatic carbocycles. The minimum Gasteiger partial charge on any atom is -0.496 e. The highest BCUT2D eigenvalue weighted by Crippen LogP contribution is 2.28. The van der Waals surface area contributed by atoms with Gasteiger partial charge in [-0.2, -0.15) is 0 Å². The van der Waals surface area contributed by atoms with Gasteiger partial charge in [0.2, 0.25) is 0 Å². The zero-order chi connectivity index (χ0) is 19.3. The molecule has 1 N–H and O–H groups in total. The Kier molecular flexibility index (Phi) is 6.05. The summed E-state index contributed by atoms with van der Waals surface area (Å²) in [4.78, 5) is 24.0. The number of ether oxygens (including phenoxy) is 3. The Morgan fingerprint density at radius 1 is 0.962 bits per heavy atom. The van der Waals surface area contributed by atoms with E-state index in [0.717, 1.165) is 6.07 Å². The van der Waals surface area contributed by atoms with Crippen LogP contribution in [0.3, 0.4) is 0 Å². The van der Waals surface area contributed by atoms with Crippen molar-refractivity contribution in [1.29, 1.82) is 0 Å². The standard InChI is InChI=1S/C17H14F3NO5/c1-24-11-4-3-5-12(25-2)14(11)17(23)26-8-13(22)21-10-7-6-9(18)15(19)16(10)20/h3-7H,8H2,1-2H3,(H,21,22). The van der Waals surface area contributed by atoms with Crippen molar-refractivity contribution in [2.24, 2.45) is 0 Å². The summed E-state index contributed by atoms with van der Waals surface area (Å²) in [6.45, 7) is -0.793. The molecule has 0 fully saturated rings. The van der Waals surface area contributed by atoms with Crippen LogP contribution in [-0.4, -0.2) is 32.7 Å². The smallest absolute Gasteiger partial charge is 0.346 e. The van der Waals surface area contributed by atoms with Crippen LogP contribution in [0.1, 0.15) is 10.4 Å². The molecular weight excluding hydrogens is 355 g/mol. The average Bonchev–Trinajstić information content (AvgIpc) is 2.65. The van der Waals surface area contributed by atoms with E-state index in [2.05, 4.69) is 0 Å². The Hall–Kier alpha value is -3.23. The zero-order valence-corrected chi connectivity index (χ0v) is 13.8. The van der Waals surface area contributed by atoms with Crippen LogP contribution in [0.25, 0.3) is 0 Å². The van der Waals surface area contributed by atoms with Crippen LogP contribution in [0, 0.1) is 17.5 Å². The summed E-state index contributed by atoms with van der Waals surface area (Å²) in [5.74, 6) is -6.20. The normalized spacial score (nSPS) is 10.2. The molecule has 26 heavy (non-hydrogen) atoms. The lowest BCUT2D eigenvalue weighted by Gasteiger charge is -2.12. The fourth-order valence-corrected chi connectivity index (χ4v) is 2.06. The summed E-state index contributed by atoms with van der Waals surface area (Å²) in [7, 11) is 2.67. The maximum atomic E-state index is 13.5. The van der Waals surface area contributed by atoms with Gasteiger partial charge in [0.25, 0.3) is 5.91 Å². The fraction of sp³-hybridized carbons (Fsp3) is 0.176. The van der Waals surface area contributed by atoms with E-state index < -0.39 is 41.6 Å². The number of methoxy groups -OCH3 is 2. The molecule has 0 aliphatic carbocycles. The van der Waals surface area contributed by atoms with E-state index >= 15 is 0 Å². The van der Waals surface area contributed by atoms with Crippen LogP contribution in [-0.2, 0) is 9.53 Å². The largest absolute Gasteiger partial charge is 0.496 e. The first-order valence-electron chi connectivity index (χ1n) is 7.20. The van der Waals surface area contributed by atoms with Gasteiger partial charge in [-0.1, -0.05) is 6.07 Å². The third kappa shape index (κ3) is 4.05. The molecule has 2 rings (SSSR count). The second kappa shape index (κ2) is 8.24. The highest BCUT2D eigenvalue weighted by Gasteiger charge is 2.21. The lowest BCUT2D eigenvalue weighted by molar-refractivity contribution is -0.119. The van der Waals surface area contributed by atoms with Crippen molar-refractivity contribution in [2.45, 2.75) is 0 Å². The number of nitrogens with one attached hydrogen (secondary N) is 1. The Morgan fingerprint density at radius 2 is 1.58 bits per heavy atom. The number of carbonyl (C=O) groups excluding carboxylic acids is 2. The van der Waals surface area contributed by atoms with E-state index in [0.29, 0.717) is 6.07 Å². The van der Waals surface area contributed by atoms with E-state index in [1.165, 1.54) is 26.4 Å². The molecule has 0 unspecified atom stereocenters. The van der Waals surface area contributed by atoms with Gasteiger partial charge in [-0.05, 0) is 24.3 Å². The van der Waals surface area contributed by atoms with E-state index in [1.807, 2.05) is 5.32 Å². The lowest BCUT2D eigenvalue weighted by atomic mass is 10.2. The molecule has 0 saturated carbocycles. The van der Waals surface area contributed by atoms with Gasteiger partial charge in [0.1, 0.15) is 17.1 Å². The number of benzene rings is 2. The minimum absolute atomic E-state index is 0.0377. The molecule has 6 nitrogen and oxygen atoms in total. The number of hydrogen-bond donors (Lipinski definition) is 1. The molecule has 0 saturated heterocycles. The first-order valence-corrected chi connectivity index (χ1v) is 7.20. The lowest BCUT2D eigenvalue weighted by Crippen LogP contribution is -2.22. The van der Waals surface area contributed by atoms with Crippen LogP contribution in [0.15, 0.2) is 30.3 Å². The zero-order valence-electron chi connectivity index (χ0n) is 13.8. The Balaban J connectivity index is 2.06. The predicted molar refractivity (Wildman–Crippen MR) is 84.8 cm³/mol. The summed E-state index contributed by atoms with van der Waals surface area (Å²) in [5, 5.41) is 1.98. The maximum Gasteiger partial charge on any atom is 0.346 e. The van der Waals surface area contributed by atoms with Crippen LogP contribution in [0.4, 0.5) is 18.9 Å². The average molecular weight is 369 g/mol. The molecule has 0 aliphatic rings. The predicted octanol–water partition coefficient (Wildman–Crippen LogP) is 2.92. The second-order valence-electron chi connectivity index (χ2n) is 4.88. The molecular formula is C17H14F3NO5. The van der Waals surface area contributed by atoms with Gasteiger partial charge in [0, 0.05) is 0 Å². The first-order chi connectivity index (χ1) is 12.4. The molecule has 138 valence electrons. The summed E-state index contributed by atoms with van der Waals surface area (Å²) < 4.78 is 54.4. The van der Waals surface area contributed by atoms with Gasteiger partial charge >= 0.3 is 5.97 Å². The van der Waals surface area contributed by atoms with E-state index in [-0.39, 0.29) is 17.1 Å². The second-order valence-corrected chi connectivity index (χ2v) is 4.88. The van der Waals surface area contributed by atoms with E-state index in [4.69, 9.17) is 14.2 Å². The third-order valence-corrected chi connectivity index (χ3v) is 3.28. The van der Waals surface area contributed by atoms with Crippen molar-refractivity contribution in [3.63, 3.8) is 0 Å². The van der Waals surface area contributed by atoms with Crippen LogP contribution in [0.2, 0.25) is 0 Å². The fourth-order valence-electron chi connectivity index (χ4n) is 2.06. The van der Waals surface area contributed by atoms with E-state index in [1.54, 1.807) is 6.07 Å². The van der Waals surface area contributed by atoms with Gasteiger partial charge in [-0.15, -0.1) is 0 Å². The van der Waals surface area contributed by atoms with Gasteiger partial charge < -0.3 is 19.5 Å². The monoisotopic (exact) mass is 369 g/mol. The topological polar surface area (TPSA) is 73.9 Å². The summed E-state index contributed by atoms with van der Waals surface area (Å²) in [6, 6.07) is 6.08. The molecule has 0 bridgehead atoms. The number of hydrogen-bond acceptors (Lipinski definition) is 5. The molecule has 0 aromatic heterocycles. The third-order valence-electron chi connectivity index (χ3n) is 3.28. The SMILES string of the molecule is COc1cccc(OC)c1C(=O)OCC(=O)Nc1ccc(F)c(F)c1F. The Labute approximate surface area is 146 Å². The number of anilines is 1. The van der Waals surface area contributed by atoms with Crippen LogP contribution < -0.4 is 14.8 Å². The Morgan fingerprint density at radius 3 is 2.15 bits per heavy atom. The molecule has 1 amide bonds. The Bertz CT molecular complexity index is 819. The highest BCUT2D eigenvalue weighted by molar-refractivity contribution is 5.98. The number of halogens is 3. The van der Waals surface area contributed by atoms with Gasteiger partial charge in [0.15, 0.2) is 24.1 Å². The van der Waals surface area contributed by atoms with Crippen molar-refractivity contribution in [3.8, 4) is 11.5 Å². The first kappa shape index (κ1) is 19.1. The molecule has 0 atom stereocenters. The quantitative estimate of drug-likeness (QED) is 0.626. The van der Waals surface area contributed by atoms with Crippen molar-refractivity contribution in [3.05, 3.63) is 53.3 Å². The molecule has 0 heterocycles. The van der Waals surface area contributed by atoms with Crippen molar-refractivity contribution in [2.75, 3.05) is 26.1 Å². The van der Waals surface area contributed by atoms with Crippen LogP contribution in [0.5, 0.6) is 11.5 Å². The number of amides is 1. The highest BCUT2D eigenvalue weighted by atomic mass is 19.2. The van der Waals surface area contributed by atoms with Gasteiger partial charge in [-0.3, -0.25) is 4.79 Å². The van der Waals surface area contributed by atoms with Crippen molar-refractivity contribution in [1.82, 2.24) is 0 Å². The van der Waals surface area contributed by atoms with Gasteiger partial charge in [-0.25, -0.2) is 18.0 Å².